The van der Waals surface area contributed by atoms with Crippen molar-refractivity contribution in [3.05, 3.63) is 90.6 Å². The summed E-state index contributed by atoms with van der Waals surface area (Å²) in [5, 5.41) is 6.28. The SMILES string of the molecule is C[C@H]1CC2C[C@H]3CC(c4nc(-n5c6ccccc6c6ccc7ccccc7c65)nc5ccccc45)(CC23)C1. The minimum absolute atomic E-state index is 0.165. The Kier molecular flexibility index (Phi) is 4.16. The van der Waals surface area contributed by atoms with E-state index in [1.807, 2.05) is 0 Å². The summed E-state index contributed by atoms with van der Waals surface area (Å²) in [6, 6.07) is 30.8. The number of hydrogen-bond donors (Lipinski definition) is 0. The van der Waals surface area contributed by atoms with E-state index >= 15 is 0 Å². The average Bonchev–Trinajstić information content (AvgIpc) is 3.39. The first kappa shape index (κ1) is 21.2. The van der Waals surface area contributed by atoms with E-state index in [1.165, 1.54) is 75.8 Å². The molecular formula is C35H31N3. The Morgan fingerprint density at radius 1 is 0.684 bits per heavy atom. The van der Waals surface area contributed by atoms with Crippen LogP contribution in [0.25, 0.3) is 49.4 Å². The predicted molar refractivity (Wildman–Crippen MR) is 156 cm³/mol. The summed E-state index contributed by atoms with van der Waals surface area (Å²) in [6.07, 6.45) is 6.70. The molecule has 3 unspecified atom stereocenters. The molecule has 186 valence electrons. The standard InChI is InChI=1S/C35H31N3/c1-21-16-23-17-24-19-35(18-21,20-29(23)24)33-28-11-4-6-12-30(28)36-34(37-33)38-31-13-7-5-10-26(31)27-15-14-22-8-2-3-9-25(22)32(27)38/h2-15,21,23-24,29H,16-20H2,1H3/t21-,23?,24-,29?,35?/m0/s1. The van der Waals surface area contributed by atoms with E-state index in [2.05, 4.69) is 96.4 Å². The highest BCUT2D eigenvalue weighted by Crippen LogP contribution is 2.65. The van der Waals surface area contributed by atoms with Crippen LogP contribution in [0.15, 0.2) is 84.9 Å². The lowest BCUT2D eigenvalue weighted by atomic mass is 9.63. The van der Waals surface area contributed by atoms with E-state index in [0.29, 0.717) is 0 Å². The number of para-hydroxylation sites is 2. The van der Waals surface area contributed by atoms with Gasteiger partial charge in [0.2, 0.25) is 5.95 Å². The van der Waals surface area contributed by atoms with Crippen molar-refractivity contribution < 1.29 is 0 Å². The van der Waals surface area contributed by atoms with Crippen molar-refractivity contribution in [2.24, 2.45) is 23.7 Å². The number of fused-ring (bicyclic) bond motifs is 7. The zero-order valence-electron chi connectivity index (χ0n) is 21.8. The summed E-state index contributed by atoms with van der Waals surface area (Å²) in [5.74, 6) is 4.30. The molecule has 3 aliphatic carbocycles. The molecule has 38 heavy (non-hydrogen) atoms. The summed E-state index contributed by atoms with van der Waals surface area (Å²) in [7, 11) is 0. The predicted octanol–water partition coefficient (Wildman–Crippen LogP) is 8.59. The Morgan fingerprint density at radius 2 is 1.47 bits per heavy atom. The van der Waals surface area contributed by atoms with E-state index in [0.717, 1.165) is 35.1 Å². The van der Waals surface area contributed by atoms with Gasteiger partial charge in [-0.1, -0.05) is 79.7 Å². The lowest BCUT2D eigenvalue weighted by Crippen LogP contribution is -2.34. The van der Waals surface area contributed by atoms with Crippen LogP contribution in [0.3, 0.4) is 0 Å². The third-order valence-corrected chi connectivity index (χ3v) is 10.4. The molecule has 0 amide bonds. The van der Waals surface area contributed by atoms with Crippen molar-refractivity contribution in [2.45, 2.75) is 44.4 Å². The Labute approximate surface area is 222 Å². The molecule has 5 atom stereocenters. The van der Waals surface area contributed by atoms with Crippen molar-refractivity contribution >= 4 is 43.5 Å². The molecule has 0 N–H and O–H groups in total. The van der Waals surface area contributed by atoms with Crippen molar-refractivity contribution in [3.8, 4) is 5.95 Å². The highest BCUT2D eigenvalue weighted by atomic mass is 15.2. The molecule has 2 aromatic heterocycles. The summed E-state index contributed by atoms with van der Waals surface area (Å²) in [4.78, 5) is 10.9. The lowest BCUT2D eigenvalue weighted by molar-refractivity contribution is 0.0779. The molecule has 3 saturated carbocycles. The normalized spacial score (nSPS) is 28.2. The zero-order chi connectivity index (χ0) is 25.0. The van der Waals surface area contributed by atoms with Crippen LogP contribution in [0.4, 0.5) is 0 Å². The maximum atomic E-state index is 5.62. The fourth-order valence-electron chi connectivity index (χ4n) is 9.03. The van der Waals surface area contributed by atoms with Crippen molar-refractivity contribution in [1.82, 2.24) is 14.5 Å². The Bertz CT molecular complexity index is 1910. The Morgan fingerprint density at radius 3 is 2.39 bits per heavy atom. The molecule has 6 aromatic rings. The molecule has 9 rings (SSSR count). The summed E-state index contributed by atoms with van der Waals surface area (Å²) < 4.78 is 2.35. The lowest BCUT2D eigenvalue weighted by Gasteiger charge is -2.42. The molecule has 3 nitrogen and oxygen atoms in total. The van der Waals surface area contributed by atoms with Gasteiger partial charge in [-0.05, 0) is 73.3 Å². The molecule has 0 saturated heterocycles. The van der Waals surface area contributed by atoms with Gasteiger partial charge in [0.25, 0.3) is 0 Å². The maximum absolute atomic E-state index is 5.62. The summed E-state index contributed by atoms with van der Waals surface area (Å²) in [5.41, 5.74) is 4.94. The van der Waals surface area contributed by atoms with E-state index in [4.69, 9.17) is 9.97 Å². The molecule has 0 spiro atoms. The number of rotatable bonds is 2. The summed E-state index contributed by atoms with van der Waals surface area (Å²) >= 11 is 0. The van der Waals surface area contributed by atoms with Crippen LogP contribution >= 0.6 is 0 Å². The van der Waals surface area contributed by atoms with Gasteiger partial charge in [0.05, 0.1) is 22.2 Å². The van der Waals surface area contributed by atoms with Crippen LogP contribution < -0.4 is 0 Å². The second-order valence-electron chi connectivity index (χ2n) is 12.6. The first-order valence-corrected chi connectivity index (χ1v) is 14.4. The van der Waals surface area contributed by atoms with Crippen molar-refractivity contribution in [1.29, 1.82) is 0 Å². The smallest absolute Gasteiger partial charge is 0.235 e. The van der Waals surface area contributed by atoms with Gasteiger partial charge in [-0.3, -0.25) is 4.57 Å². The average molecular weight is 494 g/mol. The maximum Gasteiger partial charge on any atom is 0.235 e. The van der Waals surface area contributed by atoms with Crippen LogP contribution in [0, 0.1) is 23.7 Å². The molecule has 2 bridgehead atoms. The number of hydrogen-bond acceptors (Lipinski definition) is 2. The topological polar surface area (TPSA) is 30.7 Å². The van der Waals surface area contributed by atoms with Gasteiger partial charge in [-0.15, -0.1) is 0 Å². The van der Waals surface area contributed by atoms with Crippen molar-refractivity contribution in [3.63, 3.8) is 0 Å². The fourth-order valence-corrected chi connectivity index (χ4v) is 9.03. The van der Waals surface area contributed by atoms with Gasteiger partial charge in [-0.2, -0.15) is 0 Å². The number of benzene rings is 4. The van der Waals surface area contributed by atoms with Crippen LogP contribution in [0.5, 0.6) is 0 Å². The van der Waals surface area contributed by atoms with Crippen LogP contribution in [-0.2, 0) is 5.41 Å². The molecule has 0 radical (unpaired) electrons. The van der Waals surface area contributed by atoms with E-state index in [1.54, 1.807) is 0 Å². The minimum atomic E-state index is 0.165. The van der Waals surface area contributed by atoms with Gasteiger partial charge >= 0.3 is 0 Å². The quantitative estimate of drug-likeness (QED) is 0.242. The Hall–Kier alpha value is -3.72. The second-order valence-corrected chi connectivity index (χ2v) is 12.6. The second kappa shape index (κ2) is 7.44. The molecular weight excluding hydrogens is 462 g/mol. The number of aromatic nitrogens is 3. The van der Waals surface area contributed by atoms with Crippen molar-refractivity contribution in [2.75, 3.05) is 0 Å². The summed E-state index contributed by atoms with van der Waals surface area (Å²) in [6.45, 7) is 2.49. The Balaban J connectivity index is 1.39. The number of nitrogens with zero attached hydrogens (tertiary/aromatic N) is 3. The van der Waals surface area contributed by atoms with E-state index < -0.39 is 0 Å². The zero-order valence-corrected chi connectivity index (χ0v) is 21.8. The van der Waals surface area contributed by atoms with Gasteiger partial charge in [0.15, 0.2) is 0 Å². The first-order chi connectivity index (χ1) is 18.7. The van der Waals surface area contributed by atoms with Crippen LogP contribution in [0.1, 0.15) is 44.7 Å². The van der Waals surface area contributed by atoms with Gasteiger partial charge < -0.3 is 0 Å². The molecule has 4 aromatic carbocycles. The van der Waals surface area contributed by atoms with Gasteiger partial charge in [-0.25, -0.2) is 9.97 Å². The molecule has 2 heterocycles. The third-order valence-electron chi connectivity index (χ3n) is 10.4. The molecule has 0 aliphatic heterocycles. The molecule has 3 aliphatic rings. The monoisotopic (exact) mass is 493 g/mol. The largest absolute Gasteiger partial charge is 0.277 e. The highest BCUT2D eigenvalue weighted by Gasteiger charge is 2.58. The van der Waals surface area contributed by atoms with E-state index in [9.17, 15) is 0 Å². The third kappa shape index (κ3) is 2.74. The fraction of sp³-hybridized carbons (Fsp3) is 0.314. The van der Waals surface area contributed by atoms with Crippen LogP contribution in [-0.4, -0.2) is 14.5 Å². The van der Waals surface area contributed by atoms with Gasteiger partial charge in [0.1, 0.15) is 0 Å². The molecule has 3 heteroatoms. The minimum Gasteiger partial charge on any atom is -0.277 e. The first-order valence-electron chi connectivity index (χ1n) is 14.4. The van der Waals surface area contributed by atoms with Gasteiger partial charge in [0, 0.05) is 27.0 Å². The molecule has 3 fully saturated rings. The van der Waals surface area contributed by atoms with E-state index in [-0.39, 0.29) is 5.41 Å². The van der Waals surface area contributed by atoms with Crippen LogP contribution in [0.2, 0.25) is 0 Å². The highest BCUT2D eigenvalue weighted by molar-refractivity contribution is 6.18.